The zero-order valence-corrected chi connectivity index (χ0v) is 13.9. The Kier molecular flexibility index (Phi) is 5.29. The summed E-state index contributed by atoms with van der Waals surface area (Å²) >= 11 is 5.68. The van der Waals surface area contributed by atoms with Gasteiger partial charge in [-0.05, 0) is 31.0 Å². The Morgan fingerprint density at radius 3 is 2.72 bits per heavy atom. The number of hydrogen-bond acceptors (Lipinski definition) is 5. The Morgan fingerprint density at radius 2 is 2.00 bits per heavy atom. The van der Waals surface area contributed by atoms with Gasteiger partial charge in [-0.15, -0.1) is 0 Å². The zero-order chi connectivity index (χ0) is 17.9. The highest BCUT2D eigenvalue weighted by molar-refractivity contribution is 6.30. The van der Waals surface area contributed by atoms with Crippen LogP contribution in [-0.2, 0) is 10.9 Å². The minimum atomic E-state index is -4.53. The normalized spacial score (nSPS) is 17.5. The summed E-state index contributed by atoms with van der Waals surface area (Å²) in [7, 11) is 0. The van der Waals surface area contributed by atoms with Crippen LogP contribution in [0.3, 0.4) is 0 Å². The first-order chi connectivity index (χ1) is 11.9. The first-order valence-electron chi connectivity index (χ1n) is 7.73. The molecule has 25 heavy (non-hydrogen) atoms. The van der Waals surface area contributed by atoms with Gasteiger partial charge in [0, 0.05) is 24.2 Å². The Bertz CT molecular complexity index is 736. The second-order valence-electron chi connectivity index (χ2n) is 5.62. The molecule has 1 aliphatic rings. The monoisotopic (exact) mass is 372 g/mol. The lowest BCUT2D eigenvalue weighted by Crippen LogP contribution is -2.19. The first-order valence-corrected chi connectivity index (χ1v) is 8.11. The Morgan fingerprint density at radius 1 is 1.20 bits per heavy atom. The predicted molar refractivity (Wildman–Crippen MR) is 89.2 cm³/mol. The van der Waals surface area contributed by atoms with E-state index in [0.717, 1.165) is 25.5 Å². The molecule has 1 saturated heterocycles. The quantitative estimate of drug-likeness (QED) is 0.810. The van der Waals surface area contributed by atoms with E-state index in [1.54, 1.807) is 6.07 Å². The number of alkyl halides is 3. The number of halogens is 4. The third-order valence-corrected chi connectivity index (χ3v) is 3.99. The van der Waals surface area contributed by atoms with Gasteiger partial charge in [-0.1, -0.05) is 11.6 Å². The average Bonchev–Trinajstić information content (AvgIpc) is 3.08. The summed E-state index contributed by atoms with van der Waals surface area (Å²) in [5.74, 6) is 0.758. The van der Waals surface area contributed by atoms with Gasteiger partial charge in [-0.25, -0.2) is 9.97 Å². The van der Waals surface area contributed by atoms with Gasteiger partial charge in [-0.2, -0.15) is 13.2 Å². The van der Waals surface area contributed by atoms with Gasteiger partial charge < -0.3 is 15.4 Å². The number of aromatic nitrogens is 2. The molecule has 0 bridgehead atoms. The molecule has 1 aromatic heterocycles. The van der Waals surface area contributed by atoms with E-state index < -0.39 is 11.7 Å². The molecule has 3 rings (SSSR count). The molecule has 0 aliphatic carbocycles. The summed E-state index contributed by atoms with van der Waals surface area (Å²) in [6.07, 6.45) is -1.12. The van der Waals surface area contributed by atoms with Crippen LogP contribution in [0.2, 0.25) is 5.02 Å². The van der Waals surface area contributed by atoms with Crippen LogP contribution in [0.4, 0.5) is 30.5 Å². The number of anilines is 3. The van der Waals surface area contributed by atoms with Crippen LogP contribution in [0.1, 0.15) is 18.4 Å². The molecule has 2 N–H and O–H groups in total. The summed E-state index contributed by atoms with van der Waals surface area (Å²) in [6.45, 7) is 1.34. The van der Waals surface area contributed by atoms with Gasteiger partial charge in [0.05, 0.1) is 17.4 Å². The third kappa shape index (κ3) is 4.73. The van der Waals surface area contributed by atoms with Crippen molar-refractivity contribution in [1.29, 1.82) is 0 Å². The van der Waals surface area contributed by atoms with E-state index in [2.05, 4.69) is 20.6 Å². The van der Waals surface area contributed by atoms with Crippen molar-refractivity contribution in [1.82, 2.24) is 9.97 Å². The third-order valence-electron chi connectivity index (χ3n) is 3.75. The molecular formula is C16H16ClF3N4O. The Labute approximate surface area is 147 Å². The van der Waals surface area contributed by atoms with Gasteiger partial charge in [0.2, 0.25) is 0 Å². The van der Waals surface area contributed by atoms with Crippen LogP contribution in [0.5, 0.6) is 0 Å². The molecule has 134 valence electrons. The topological polar surface area (TPSA) is 59.1 Å². The standard InChI is InChI=1S/C16H16ClF3N4O/c17-10-3-4-13(12(6-10)16(18,19)20)24-15-7-14(22-9-23-15)21-8-11-2-1-5-25-11/h3-4,6-7,9,11H,1-2,5,8H2,(H2,21,22,23,24). The van der Waals surface area contributed by atoms with E-state index in [-0.39, 0.29) is 22.6 Å². The van der Waals surface area contributed by atoms with Crippen LogP contribution in [0.15, 0.2) is 30.6 Å². The van der Waals surface area contributed by atoms with E-state index in [1.165, 1.54) is 18.5 Å². The molecule has 1 aliphatic heterocycles. The van der Waals surface area contributed by atoms with Gasteiger partial charge in [0.1, 0.15) is 18.0 Å². The van der Waals surface area contributed by atoms with Crippen molar-refractivity contribution in [3.05, 3.63) is 41.2 Å². The minimum Gasteiger partial charge on any atom is -0.376 e. The van der Waals surface area contributed by atoms with Crippen LogP contribution in [-0.4, -0.2) is 29.2 Å². The predicted octanol–water partition coefficient (Wildman–Crippen LogP) is 4.48. The van der Waals surface area contributed by atoms with E-state index in [1.807, 2.05) is 0 Å². The fourth-order valence-corrected chi connectivity index (χ4v) is 2.72. The first kappa shape index (κ1) is 17.8. The highest BCUT2D eigenvalue weighted by Crippen LogP contribution is 2.37. The van der Waals surface area contributed by atoms with Crippen molar-refractivity contribution in [3.63, 3.8) is 0 Å². The van der Waals surface area contributed by atoms with Crippen LogP contribution in [0, 0.1) is 0 Å². The van der Waals surface area contributed by atoms with Gasteiger partial charge >= 0.3 is 6.18 Å². The molecule has 1 atom stereocenters. The summed E-state index contributed by atoms with van der Waals surface area (Å²) < 4.78 is 44.9. The number of nitrogens with one attached hydrogen (secondary N) is 2. The van der Waals surface area contributed by atoms with Crippen molar-refractivity contribution in [3.8, 4) is 0 Å². The number of nitrogens with zero attached hydrogens (tertiary/aromatic N) is 2. The molecule has 0 amide bonds. The maximum absolute atomic E-state index is 13.1. The molecule has 9 heteroatoms. The number of ether oxygens (including phenoxy) is 1. The minimum absolute atomic E-state index is 0.0134. The molecule has 1 unspecified atom stereocenters. The van der Waals surface area contributed by atoms with Crippen molar-refractivity contribution in [2.24, 2.45) is 0 Å². The molecule has 1 aromatic carbocycles. The molecule has 5 nitrogen and oxygen atoms in total. The molecular weight excluding hydrogens is 357 g/mol. The largest absolute Gasteiger partial charge is 0.418 e. The van der Waals surface area contributed by atoms with E-state index in [4.69, 9.17) is 16.3 Å². The Hall–Kier alpha value is -2.06. The fourth-order valence-electron chi connectivity index (χ4n) is 2.54. The van der Waals surface area contributed by atoms with Gasteiger partial charge in [0.25, 0.3) is 0 Å². The second-order valence-corrected chi connectivity index (χ2v) is 6.05. The second kappa shape index (κ2) is 7.45. The molecule has 0 spiro atoms. The smallest absolute Gasteiger partial charge is 0.376 e. The van der Waals surface area contributed by atoms with Crippen LogP contribution < -0.4 is 10.6 Å². The summed E-state index contributed by atoms with van der Waals surface area (Å²) in [5, 5.41) is 5.79. The van der Waals surface area contributed by atoms with Crippen molar-refractivity contribution in [2.75, 3.05) is 23.8 Å². The van der Waals surface area contributed by atoms with Crippen molar-refractivity contribution < 1.29 is 17.9 Å². The molecule has 2 aromatic rings. The Balaban J connectivity index is 1.74. The number of rotatable bonds is 5. The lowest BCUT2D eigenvalue weighted by atomic mass is 10.1. The van der Waals surface area contributed by atoms with Crippen LogP contribution in [0.25, 0.3) is 0 Å². The van der Waals surface area contributed by atoms with E-state index >= 15 is 0 Å². The summed E-state index contributed by atoms with van der Waals surface area (Å²) in [6, 6.07) is 5.08. The fraction of sp³-hybridized carbons (Fsp3) is 0.375. The lowest BCUT2D eigenvalue weighted by Gasteiger charge is -2.15. The lowest BCUT2D eigenvalue weighted by molar-refractivity contribution is -0.136. The maximum atomic E-state index is 13.1. The maximum Gasteiger partial charge on any atom is 0.418 e. The van der Waals surface area contributed by atoms with Gasteiger partial charge in [-0.3, -0.25) is 0 Å². The molecule has 0 saturated carbocycles. The summed E-state index contributed by atoms with van der Waals surface area (Å²) in [4.78, 5) is 8.03. The highest BCUT2D eigenvalue weighted by Gasteiger charge is 2.34. The number of hydrogen-bond donors (Lipinski definition) is 2. The average molecular weight is 373 g/mol. The van der Waals surface area contributed by atoms with E-state index in [9.17, 15) is 13.2 Å². The highest BCUT2D eigenvalue weighted by atomic mass is 35.5. The van der Waals surface area contributed by atoms with Crippen molar-refractivity contribution >= 4 is 28.9 Å². The van der Waals surface area contributed by atoms with Crippen molar-refractivity contribution in [2.45, 2.75) is 25.1 Å². The number of benzene rings is 1. The van der Waals surface area contributed by atoms with Gasteiger partial charge in [0.15, 0.2) is 0 Å². The molecule has 2 heterocycles. The van der Waals surface area contributed by atoms with Crippen LogP contribution >= 0.6 is 11.6 Å². The zero-order valence-electron chi connectivity index (χ0n) is 13.1. The van der Waals surface area contributed by atoms with E-state index in [0.29, 0.717) is 12.4 Å². The molecule has 1 fully saturated rings. The summed E-state index contributed by atoms with van der Waals surface area (Å²) in [5.41, 5.74) is -0.979. The molecule has 0 radical (unpaired) electrons. The SMILES string of the molecule is FC(F)(F)c1cc(Cl)ccc1Nc1cc(NCC2CCCO2)ncn1.